The first-order valence-electron chi connectivity index (χ1n) is 9.60. The summed E-state index contributed by atoms with van der Waals surface area (Å²) < 4.78 is 2.29. The Hall–Kier alpha value is -3.44. The Morgan fingerprint density at radius 1 is 0.931 bits per heavy atom. The number of thiocarbonyl (C=S) groups is 1. The molecule has 0 saturated heterocycles. The van der Waals surface area contributed by atoms with Crippen molar-refractivity contribution in [1.82, 2.24) is 15.3 Å². The summed E-state index contributed by atoms with van der Waals surface area (Å²) in [6.45, 7) is 2.75. The zero-order valence-corrected chi connectivity index (χ0v) is 17.0. The third kappa shape index (κ3) is 3.91. The minimum Gasteiger partial charge on any atom is -0.362 e. The predicted octanol–water partition coefficient (Wildman–Crippen LogP) is 5.12. The molecule has 0 amide bonds. The zero-order chi connectivity index (χ0) is 20.1. The lowest BCUT2D eigenvalue weighted by Gasteiger charge is -2.12. The number of hydrazone groups is 1. The molecule has 0 saturated carbocycles. The van der Waals surface area contributed by atoms with Gasteiger partial charge in [-0.3, -0.25) is 5.43 Å². The third-order valence-electron chi connectivity index (χ3n) is 4.67. The number of benzene rings is 3. The monoisotopic (exact) mass is 398 g/mol. The maximum Gasteiger partial charge on any atom is 0.186 e. The van der Waals surface area contributed by atoms with E-state index in [-0.39, 0.29) is 0 Å². The first kappa shape index (κ1) is 18.9. The number of nitrogens with zero attached hydrogens (tertiary/aromatic N) is 2. The van der Waals surface area contributed by atoms with Crippen LogP contribution in [0.1, 0.15) is 12.5 Å². The largest absolute Gasteiger partial charge is 0.362 e. The summed E-state index contributed by atoms with van der Waals surface area (Å²) >= 11 is 5.23. The zero-order valence-electron chi connectivity index (χ0n) is 16.2. The van der Waals surface area contributed by atoms with E-state index in [0.717, 1.165) is 40.0 Å². The molecule has 4 rings (SSSR count). The van der Waals surface area contributed by atoms with Crippen LogP contribution in [0.4, 0.5) is 0 Å². The average Bonchev–Trinajstić information content (AvgIpc) is 3.10. The van der Waals surface area contributed by atoms with Crippen molar-refractivity contribution in [1.29, 1.82) is 0 Å². The van der Waals surface area contributed by atoms with Crippen LogP contribution in [0.3, 0.4) is 0 Å². The topological polar surface area (TPSA) is 41.4 Å². The molecule has 0 aliphatic heterocycles. The number of rotatable bonds is 5. The molecule has 0 aliphatic rings. The molecule has 1 aromatic heterocycles. The lowest BCUT2D eigenvalue weighted by molar-refractivity contribution is 0.904. The smallest absolute Gasteiger partial charge is 0.186 e. The molecule has 0 aliphatic carbocycles. The van der Waals surface area contributed by atoms with Crippen LogP contribution in [-0.4, -0.2) is 22.4 Å². The summed E-state index contributed by atoms with van der Waals surface area (Å²) in [6, 6.07) is 29.2. The van der Waals surface area contributed by atoms with Crippen LogP contribution >= 0.6 is 12.2 Å². The van der Waals surface area contributed by atoms with Gasteiger partial charge in [-0.25, -0.2) is 0 Å². The minimum atomic E-state index is 0.511. The predicted molar refractivity (Wildman–Crippen MR) is 126 cm³/mol. The lowest BCUT2D eigenvalue weighted by Crippen LogP contribution is -2.31. The van der Waals surface area contributed by atoms with Gasteiger partial charge < -0.3 is 9.88 Å². The highest BCUT2D eigenvalue weighted by Gasteiger charge is 2.18. The van der Waals surface area contributed by atoms with Crippen molar-refractivity contribution in [2.75, 3.05) is 6.54 Å². The number of para-hydroxylation sites is 2. The summed E-state index contributed by atoms with van der Waals surface area (Å²) in [6.07, 6.45) is 1.85. The van der Waals surface area contributed by atoms with Crippen LogP contribution in [0.25, 0.3) is 27.8 Å². The van der Waals surface area contributed by atoms with E-state index < -0.39 is 0 Å². The van der Waals surface area contributed by atoms with Crippen molar-refractivity contribution < 1.29 is 0 Å². The van der Waals surface area contributed by atoms with Crippen LogP contribution in [-0.2, 0) is 0 Å². The van der Waals surface area contributed by atoms with Gasteiger partial charge >= 0.3 is 0 Å². The molecule has 0 radical (unpaired) electrons. The molecule has 4 aromatic rings. The normalized spacial score (nSPS) is 11.1. The SMILES string of the molecule is CCNC(=S)N/N=C\c1c(-c2ccccc2)n(-c2ccccc2)c2ccccc12. The van der Waals surface area contributed by atoms with E-state index in [2.05, 4.69) is 93.2 Å². The second kappa shape index (κ2) is 8.71. The van der Waals surface area contributed by atoms with Gasteiger partial charge in [0.25, 0.3) is 0 Å². The molecule has 4 nitrogen and oxygen atoms in total. The van der Waals surface area contributed by atoms with E-state index in [1.165, 1.54) is 0 Å². The van der Waals surface area contributed by atoms with E-state index in [0.29, 0.717) is 5.11 Å². The van der Waals surface area contributed by atoms with Crippen LogP contribution in [0.2, 0.25) is 0 Å². The van der Waals surface area contributed by atoms with Crippen LogP contribution < -0.4 is 10.7 Å². The summed E-state index contributed by atoms with van der Waals surface area (Å²) in [5.74, 6) is 0. The molecule has 0 fully saturated rings. The van der Waals surface area contributed by atoms with Gasteiger partial charge in [0.05, 0.1) is 17.4 Å². The number of aromatic nitrogens is 1. The number of hydrogen-bond acceptors (Lipinski definition) is 2. The van der Waals surface area contributed by atoms with Gasteiger partial charge in [0.1, 0.15) is 0 Å². The molecule has 0 atom stereocenters. The van der Waals surface area contributed by atoms with Gasteiger partial charge in [0.15, 0.2) is 5.11 Å². The van der Waals surface area contributed by atoms with Crippen LogP contribution in [0, 0.1) is 0 Å². The first-order valence-corrected chi connectivity index (χ1v) is 10.0. The van der Waals surface area contributed by atoms with E-state index in [4.69, 9.17) is 12.2 Å². The highest BCUT2D eigenvalue weighted by Crippen LogP contribution is 2.35. The molecule has 5 heteroatoms. The molecule has 2 N–H and O–H groups in total. The fraction of sp³-hybridized carbons (Fsp3) is 0.0833. The molecule has 0 spiro atoms. The van der Waals surface area contributed by atoms with Crippen molar-refractivity contribution in [2.24, 2.45) is 5.10 Å². The number of hydrogen-bond donors (Lipinski definition) is 2. The van der Waals surface area contributed by atoms with Gasteiger partial charge in [0, 0.05) is 23.2 Å². The minimum absolute atomic E-state index is 0.511. The van der Waals surface area contributed by atoms with Gasteiger partial charge in [-0.15, -0.1) is 0 Å². The molecule has 1 heterocycles. The van der Waals surface area contributed by atoms with E-state index in [1.807, 2.05) is 25.3 Å². The van der Waals surface area contributed by atoms with Crippen molar-refractivity contribution in [3.63, 3.8) is 0 Å². The maximum absolute atomic E-state index is 5.23. The van der Waals surface area contributed by atoms with Crippen molar-refractivity contribution in [3.05, 3.63) is 90.5 Å². The van der Waals surface area contributed by atoms with Crippen molar-refractivity contribution in [2.45, 2.75) is 6.92 Å². The molecular weight excluding hydrogens is 376 g/mol. The molecule has 3 aromatic carbocycles. The second-order valence-electron chi connectivity index (χ2n) is 6.55. The number of nitrogens with one attached hydrogen (secondary N) is 2. The first-order chi connectivity index (χ1) is 14.3. The highest BCUT2D eigenvalue weighted by molar-refractivity contribution is 7.80. The van der Waals surface area contributed by atoms with Gasteiger partial charge in [-0.2, -0.15) is 5.10 Å². The standard InChI is InChI=1S/C24H22N4S/c1-2-25-24(29)27-26-17-21-20-15-9-10-16-22(20)28(19-13-7-4-8-14-19)23(21)18-11-5-3-6-12-18/h3-17H,2H2,1H3,(H2,25,27,29)/b26-17-. The molecular formula is C24H22N4S. The Balaban J connectivity index is 1.94. The fourth-order valence-corrected chi connectivity index (χ4v) is 3.67. The second-order valence-corrected chi connectivity index (χ2v) is 6.95. The van der Waals surface area contributed by atoms with E-state index in [9.17, 15) is 0 Å². The maximum atomic E-state index is 5.23. The summed E-state index contributed by atoms with van der Waals surface area (Å²) in [4.78, 5) is 0. The summed E-state index contributed by atoms with van der Waals surface area (Å²) in [5, 5.41) is 9.10. The Bertz CT molecular complexity index is 1150. The Morgan fingerprint density at radius 3 is 2.31 bits per heavy atom. The van der Waals surface area contributed by atoms with E-state index in [1.54, 1.807) is 0 Å². The quantitative estimate of drug-likeness (QED) is 0.279. The molecule has 144 valence electrons. The molecule has 0 bridgehead atoms. The van der Waals surface area contributed by atoms with Crippen LogP contribution in [0.15, 0.2) is 90.0 Å². The lowest BCUT2D eigenvalue weighted by atomic mass is 10.1. The van der Waals surface area contributed by atoms with Gasteiger partial charge in [-0.1, -0.05) is 66.7 Å². The fourth-order valence-electron chi connectivity index (χ4n) is 3.48. The summed E-state index contributed by atoms with van der Waals surface area (Å²) in [7, 11) is 0. The third-order valence-corrected chi connectivity index (χ3v) is 4.91. The Morgan fingerprint density at radius 2 is 1.59 bits per heavy atom. The number of fused-ring (bicyclic) bond motifs is 1. The molecule has 29 heavy (non-hydrogen) atoms. The highest BCUT2D eigenvalue weighted by atomic mass is 32.1. The Kier molecular flexibility index (Phi) is 5.68. The van der Waals surface area contributed by atoms with Crippen LogP contribution in [0.5, 0.6) is 0 Å². The summed E-state index contributed by atoms with van der Waals surface area (Å²) in [5.41, 5.74) is 8.41. The van der Waals surface area contributed by atoms with Gasteiger partial charge in [-0.05, 0) is 42.9 Å². The Labute approximate surface area is 175 Å². The van der Waals surface area contributed by atoms with Crippen molar-refractivity contribution >= 4 is 34.4 Å². The van der Waals surface area contributed by atoms with Crippen molar-refractivity contribution in [3.8, 4) is 16.9 Å². The molecule has 0 unspecified atom stereocenters. The average molecular weight is 399 g/mol. The van der Waals surface area contributed by atoms with Gasteiger partial charge in [0.2, 0.25) is 0 Å². The van der Waals surface area contributed by atoms with E-state index >= 15 is 0 Å².